The molecule has 0 saturated heterocycles. The van der Waals surface area contributed by atoms with Gasteiger partial charge < -0.3 is 0 Å². The van der Waals surface area contributed by atoms with E-state index in [-0.39, 0.29) is 0 Å². The van der Waals surface area contributed by atoms with E-state index in [2.05, 4.69) is 19.6 Å². The Balaban J connectivity index is 3.39. The van der Waals surface area contributed by atoms with Crippen LogP contribution >= 0.6 is 8.03 Å². The van der Waals surface area contributed by atoms with Crippen molar-refractivity contribution in [3.8, 4) is 0 Å². The topological polar surface area (TPSA) is 37.3 Å². The molecule has 0 spiro atoms. The summed E-state index contributed by atoms with van der Waals surface area (Å²) < 4.78 is 10.2. The van der Waals surface area contributed by atoms with Crippen LogP contribution in [0.4, 0.5) is 0 Å². The van der Waals surface area contributed by atoms with E-state index in [0.717, 1.165) is 6.04 Å². The Hall–Kier alpha value is 0.277. The molecule has 1 atom stereocenters. The number of rotatable bonds is 3. The average Bonchev–Trinajstić information content (AvgIpc) is 1.59. The lowest BCUT2D eigenvalue weighted by atomic mass is 11.0. The van der Waals surface area contributed by atoms with E-state index in [1.165, 1.54) is 0 Å². The summed E-state index contributed by atoms with van der Waals surface area (Å²) in [6.45, 7) is 6.60. The molecule has 0 radical (unpaired) electrons. The van der Waals surface area contributed by atoms with Crippen LogP contribution in [-0.2, 0) is 4.57 Å². The van der Waals surface area contributed by atoms with Gasteiger partial charge in [0.1, 0.15) is 0 Å². The predicted molar refractivity (Wildman–Crippen MR) is 42.8 cm³/mol. The quantitative estimate of drug-likeness (QED) is 0.513. The summed E-state index contributed by atoms with van der Waals surface area (Å²) in [6, 6.07) is 0.957. The van der Waals surface area contributed by atoms with Crippen LogP contribution in [0.25, 0.3) is 0 Å². The normalized spacial score (nSPS) is 13.6. The molecule has 0 aliphatic carbocycles. The second kappa shape index (κ2) is 3.45. The first kappa shape index (κ1) is 9.28. The summed E-state index contributed by atoms with van der Waals surface area (Å²) in [5, 5.41) is 0. The molecule has 1 N–H and O–H groups in total. The van der Waals surface area contributed by atoms with Crippen molar-refractivity contribution in [2.45, 2.75) is 25.7 Å². The highest BCUT2D eigenvalue weighted by Gasteiger charge is 2.19. The highest BCUT2D eigenvalue weighted by atomic mass is 31.1. The van der Waals surface area contributed by atoms with Gasteiger partial charge in [0, 0.05) is 8.07 Å². The molecule has 0 aliphatic rings. The van der Waals surface area contributed by atoms with Crippen LogP contribution in [0.2, 0.25) is 25.7 Å². The standard InChI is InChI=1S/C5H13O2PSi/c1-9(2,3)5-4-8(6)7/h4-5H2,1-3H3/p+1. The van der Waals surface area contributed by atoms with E-state index in [0.29, 0.717) is 6.16 Å². The molecule has 0 aromatic heterocycles. The van der Waals surface area contributed by atoms with Crippen molar-refractivity contribution in [2.75, 3.05) is 6.16 Å². The van der Waals surface area contributed by atoms with E-state index in [1.807, 2.05) is 0 Å². The first-order valence-electron chi connectivity index (χ1n) is 3.05. The summed E-state index contributed by atoms with van der Waals surface area (Å²) in [7, 11) is -2.94. The van der Waals surface area contributed by atoms with Crippen molar-refractivity contribution in [3.63, 3.8) is 0 Å². The van der Waals surface area contributed by atoms with E-state index < -0.39 is 16.1 Å². The highest BCUT2D eigenvalue weighted by Crippen LogP contribution is 2.19. The van der Waals surface area contributed by atoms with Gasteiger partial charge in [-0.3, -0.25) is 0 Å². The van der Waals surface area contributed by atoms with Crippen molar-refractivity contribution in [2.24, 2.45) is 0 Å². The van der Waals surface area contributed by atoms with E-state index >= 15 is 0 Å². The molecule has 0 heterocycles. The molecule has 0 fully saturated rings. The second-order valence-corrected chi connectivity index (χ2v) is 10.2. The molecule has 9 heavy (non-hydrogen) atoms. The molecule has 0 aliphatic heterocycles. The highest BCUT2D eigenvalue weighted by molar-refractivity contribution is 7.38. The summed E-state index contributed by atoms with van der Waals surface area (Å²) >= 11 is 0. The Bertz CT molecular complexity index is 108. The second-order valence-electron chi connectivity index (χ2n) is 3.39. The van der Waals surface area contributed by atoms with Gasteiger partial charge in [0.25, 0.3) is 0 Å². The van der Waals surface area contributed by atoms with Gasteiger partial charge in [0.05, 0.1) is 0 Å². The summed E-state index contributed by atoms with van der Waals surface area (Å²) in [5.41, 5.74) is 0. The zero-order valence-corrected chi connectivity index (χ0v) is 8.11. The van der Waals surface area contributed by atoms with Crippen LogP contribution in [-0.4, -0.2) is 19.1 Å². The molecule has 2 nitrogen and oxygen atoms in total. The van der Waals surface area contributed by atoms with Crippen molar-refractivity contribution in [1.29, 1.82) is 0 Å². The van der Waals surface area contributed by atoms with E-state index in [1.54, 1.807) is 0 Å². The Morgan fingerprint density at radius 3 is 2.00 bits per heavy atom. The maximum atomic E-state index is 10.2. The smallest absolute Gasteiger partial charge is 0.161 e. The average molecular weight is 165 g/mol. The van der Waals surface area contributed by atoms with Gasteiger partial charge in [-0.1, -0.05) is 19.6 Å². The fraction of sp³-hybridized carbons (Fsp3) is 1.00. The summed E-state index contributed by atoms with van der Waals surface area (Å²) in [5.74, 6) is 0. The van der Waals surface area contributed by atoms with Gasteiger partial charge in [-0.2, -0.15) is 4.89 Å². The van der Waals surface area contributed by atoms with E-state index in [9.17, 15) is 4.57 Å². The molecule has 0 bridgehead atoms. The van der Waals surface area contributed by atoms with Gasteiger partial charge in [-0.15, -0.1) is 0 Å². The third-order valence-electron chi connectivity index (χ3n) is 1.05. The monoisotopic (exact) mass is 165 g/mol. The first-order chi connectivity index (χ1) is 3.92. The zero-order valence-electron chi connectivity index (χ0n) is 6.22. The number of hydrogen-bond acceptors (Lipinski definition) is 1. The molecular formula is C5H14O2PSi+. The molecule has 4 heteroatoms. The minimum Gasteiger partial charge on any atom is -0.161 e. The Morgan fingerprint density at radius 2 is 1.89 bits per heavy atom. The van der Waals surface area contributed by atoms with Crippen LogP contribution in [0, 0.1) is 0 Å². The fourth-order valence-corrected chi connectivity index (χ4v) is 3.88. The van der Waals surface area contributed by atoms with Crippen molar-refractivity contribution in [1.82, 2.24) is 0 Å². The first-order valence-corrected chi connectivity index (χ1v) is 8.16. The van der Waals surface area contributed by atoms with Crippen LogP contribution in [0.5, 0.6) is 0 Å². The largest absolute Gasteiger partial charge is 0.505 e. The lowest BCUT2D eigenvalue weighted by Gasteiger charge is -2.09. The summed E-state index contributed by atoms with van der Waals surface area (Å²) in [6.07, 6.45) is 0.491. The number of hydrogen-bond donors (Lipinski definition) is 1. The van der Waals surface area contributed by atoms with Gasteiger partial charge >= 0.3 is 8.03 Å². The van der Waals surface area contributed by atoms with Crippen molar-refractivity contribution in [3.05, 3.63) is 0 Å². The van der Waals surface area contributed by atoms with Gasteiger partial charge in [0.15, 0.2) is 6.16 Å². The van der Waals surface area contributed by atoms with Gasteiger partial charge in [-0.05, 0) is 10.6 Å². The fourth-order valence-electron chi connectivity index (χ4n) is 0.431. The molecule has 0 aromatic carbocycles. The molecular weight excluding hydrogens is 151 g/mol. The van der Waals surface area contributed by atoms with Gasteiger partial charge in [-0.25, -0.2) is 0 Å². The maximum Gasteiger partial charge on any atom is 0.505 e. The van der Waals surface area contributed by atoms with E-state index in [4.69, 9.17) is 4.89 Å². The SMILES string of the molecule is C[Si](C)(C)CC[P+](=O)O. The van der Waals surface area contributed by atoms with Gasteiger partial charge in [0.2, 0.25) is 0 Å². The van der Waals surface area contributed by atoms with Crippen LogP contribution in [0.1, 0.15) is 0 Å². The molecule has 1 unspecified atom stereocenters. The third kappa shape index (κ3) is 8.28. The molecule has 54 valence electrons. The summed E-state index contributed by atoms with van der Waals surface area (Å²) in [4.78, 5) is 8.45. The minimum absolute atomic E-state index is 0.491. The van der Waals surface area contributed by atoms with Crippen LogP contribution in [0.3, 0.4) is 0 Å². The zero-order chi connectivity index (χ0) is 7.49. The predicted octanol–water partition coefficient (Wildman–Crippen LogP) is 2.06. The lowest BCUT2D eigenvalue weighted by molar-refractivity contribution is 0.504. The molecule has 0 rings (SSSR count). The molecule has 0 amide bonds. The molecule has 0 saturated carbocycles. The minimum atomic E-state index is -1.88. The Morgan fingerprint density at radius 1 is 1.44 bits per heavy atom. The van der Waals surface area contributed by atoms with Crippen LogP contribution < -0.4 is 0 Å². The Labute approximate surface area is 58.2 Å². The Kier molecular flexibility index (Phi) is 3.55. The maximum absolute atomic E-state index is 10.2. The van der Waals surface area contributed by atoms with Crippen molar-refractivity contribution >= 4 is 16.1 Å². The third-order valence-corrected chi connectivity index (χ3v) is 3.83. The van der Waals surface area contributed by atoms with Crippen LogP contribution in [0.15, 0.2) is 0 Å². The molecule has 0 aromatic rings. The van der Waals surface area contributed by atoms with Crippen molar-refractivity contribution < 1.29 is 9.46 Å². The lowest BCUT2D eigenvalue weighted by Crippen LogP contribution is -2.19.